The third-order valence-corrected chi connectivity index (χ3v) is 8.20. The highest BCUT2D eigenvalue weighted by molar-refractivity contribution is 5.93. The van der Waals surface area contributed by atoms with Gasteiger partial charge in [0.15, 0.2) is 81.2 Å². The molecule has 1 saturated heterocycles. The van der Waals surface area contributed by atoms with E-state index in [4.69, 9.17) is 28.4 Å². The Morgan fingerprint density at radius 2 is 0.729 bits per heavy atom. The van der Waals surface area contributed by atoms with Crippen molar-refractivity contribution in [3.05, 3.63) is 70.8 Å². The van der Waals surface area contributed by atoms with Crippen LogP contribution in [0.1, 0.15) is 48.4 Å². The van der Waals surface area contributed by atoms with Crippen LogP contribution in [-0.2, 0) is 33.2 Å². The van der Waals surface area contributed by atoms with Crippen LogP contribution in [0.4, 0.5) is 0 Å². The van der Waals surface area contributed by atoms with Crippen LogP contribution >= 0.6 is 0 Å². The summed E-state index contributed by atoms with van der Waals surface area (Å²) in [6.07, 6.45) is -11.1. The van der Waals surface area contributed by atoms with E-state index in [1.54, 1.807) is 0 Å². The van der Waals surface area contributed by atoms with E-state index >= 15 is 0 Å². The molecule has 59 heavy (non-hydrogen) atoms. The SMILES string of the molecule is CC(=O)O[C@@H]1OC(COC(=O)c2cc(O)c(O)c(O)c2)[C@@H](OC(=O)c2cc(O)c(O)c(O)c2)[C@H](OC(=O)c2cc(O)c(O)c(O)c2)C1OC(=O)c1cc(O)c(O)c(O)c1. The maximum Gasteiger partial charge on any atom is 0.339 e. The van der Waals surface area contributed by atoms with Crippen LogP contribution < -0.4 is 0 Å². The number of rotatable bonds is 10. The lowest BCUT2D eigenvalue weighted by Crippen LogP contribution is -2.63. The van der Waals surface area contributed by atoms with Gasteiger partial charge in [0, 0.05) is 6.92 Å². The van der Waals surface area contributed by atoms with Gasteiger partial charge >= 0.3 is 29.8 Å². The molecule has 0 saturated carbocycles. The molecule has 1 aliphatic heterocycles. The summed E-state index contributed by atoms with van der Waals surface area (Å²) in [4.78, 5) is 66.2. The first kappa shape index (κ1) is 41.9. The molecular formula is C36H30O23. The second-order valence-electron chi connectivity index (χ2n) is 12.3. The summed E-state index contributed by atoms with van der Waals surface area (Å²) in [5, 5.41) is 119. The van der Waals surface area contributed by atoms with E-state index in [0.29, 0.717) is 48.5 Å². The van der Waals surface area contributed by atoms with Crippen molar-refractivity contribution in [2.24, 2.45) is 0 Å². The Kier molecular flexibility index (Phi) is 11.7. The molecular weight excluding hydrogens is 800 g/mol. The fraction of sp³-hybridized carbons (Fsp3) is 0.194. The number of hydrogen-bond donors (Lipinski definition) is 12. The van der Waals surface area contributed by atoms with Gasteiger partial charge in [-0.05, 0) is 48.5 Å². The Balaban J connectivity index is 1.64. The molecule has 1 fully saturated rings. The summed E-state index contributed by atoms with van der Waals surface area (Å²) < 4.78 is 32.7. The summed E-state index contributed by atoms with van der Waals surface area (Å²) in [7, 11) is 0. The molecule has 0 spiro atoms. The molecule has 0 bridgehead atoms. The van der Waals surface area contributed by atoms with Crippen LogP contribution in [0.3, 0.4) is 0 Å². The van der Waals surface area contributed by atoms with Crippen molar-refractivity contribution < 1.29 is 114 Å². The third-order valence-electron chi connectivity index (χ3n) is 8.20. The van der Waals surface area contributed by atoms with Gasteiger partial charge < -0.3 is 89.7 Å². The molecule has 23 heteroatoms. The molecule has 0 aromatic heterocycles. The van der Waals surface area contributed by atoms with Gasteiger partial charge in [0.1, 0.15) is 12.7 Å². The summed E-state index contributed by atoms with van der Waals surface area (Å²) >= 11 is 0. The Bertz CT molecular complexity index is 2260. The number of esters is 5. The van der Waals surface area contributed by atoms with Crippen molar-refractivity contribution >= 4 is 29.8 Å². The zero-order valence-electron chi connectivity index (χ0n) is 29.6. The molecule has 2 unspecified atom stereocenters. The monoisotopic (exact) mass is 830 g/mol. The maximum atomic E-state index is 13.7. The van der Waals surface area contributed by atoms with E-state index in [-0.39, 0.29) is 0 Å². The van der Waals surface area contributed by atoms with Crippen molar-refractivity contribution in [1.82, 2.24) is 0 Å². The van der Waals surface area contributed by atoms with Gasteiger partial charge in [-0.2, -0.15) is 0 Å². The fourth-order valence-corrected chi connectivity index (χ4v) is 5.38. The van der Waals surface area contributed by atoms with Gasteiger partial charge in [0.25, 0.3) is 0 Å². The summed E-state index contributed by atoms with van der Waals surface area (Å²) in [6, 6.07) is 4.94. The minimum atomic E-state index is -2.34. The normalized spacial score (nSPS) is 18.6. The quantitative estimate of drug-likeness (QED) is 0.0608. The fourth-order valence-electron chi connectivity index (χ4n) is 5.38. The first-order chi connectivity index (χ1) is 27.7. The van der Waals surface area contributed by atoms with Crippen molar-refractivity contribution in [3.8, 4) is 69.0 Å². The third kappa shape index (κ3) is 8.94. The lowest BCUT2D eigenvalue weighted by atomic mass is 9.97. The standard InChI is InChI=1S/C36H30O23/c1-11(37)55-36-31(59-35(53)15-8-22(44)28(49)23(45)9-15)30(58-34(52)14-6-20(42)27(48)21(43)7-14)29(57-33(51)13-4-18(40)26(47)19(41)5-13)24(56-36)10-54-32(50)12-2-16(38)25(46)17(39)3-12/h2-9,24,29-31,36,38-49H,10H2,1H3/t24?,29-,30+,31?,36-/m1/s1. The number of aromatic hydroxyl groups is 12. The summed E-state index contributed by atoms with van der Waals surface area (Å²) in [5.74, 6) is -19.6. The molecule has 312 valence electrons. The number of hydrogen-bond acceptors (Lipinski definition) is 23. The van der Waals surface area contributed by atoms with Gasteiger partial charge in [-0.3, -0.25) is 4.79 Å². The van der Waals surface area contributed by atoms with Crippen LogP contribution in [-0.4, -0.2) is 128 Å². The second kappa shape index (κ2) is 16.5. The van der Waals surface area contributed by atoms with Crippen molar-refractivity contribution in [3.63, 3.8) is 0 Å². The molecule has 23 nitrogen and oxygen atoms in total. The average molecular weight is 831 g/mol. The van der Waals surface area contributed by atoms with Crippen molar-refractivity contribution in [1.29, 1.82) is 0 Å². The molecule has 0 amide bonds. The number of phenols is 12. The Labute approximate surface area is 327 Å². The molecule has 4 aromatic rings. The van der Waals surface area contributed by atoms with Crippen LogP contribution in [0.15, 0.2) is 48.5 Å². The molecule has 1 heterocycles. The maximum absolute atomic E-state index is 13.7. The van der Waals surface area contributed by atoms with E-state index in [0.717, 1.165) is 6.92 Å². The van der Waals surface area contributed by atoms with Gasteiger partial charge in [0.05, 0.1) is 22.3 Å². The van der Waals surface area contributed by atoms with Gasteiger partial charge in [0.2, 0.25) is 12.4 Å². The van der Waals surface area contributed by atoms with Gasteiger partial charge in [-0.25, -0.2) is 19.2 Å². The van der Waals surface area contributed by atoms with Crippen molar-refractivity contribution in [2.75, 3.05) is 6.61 Å². The second-order valence-corrected chi connectivity index (χ2v) is 12.3. The molecule has 5 rings (SSSR count). The van der Waals surface area contributed by atoms with E-state index in [9.17, 15) is 85.3 Å². The Morgan fingerprint density at radius 1 is 0.441 bits per heavy atom. The topological polar surface area (TPSA) is 383 Å². The average Bonchev–Trinajstić information content (AvgIpc) is 3.17. The molecule has 5 atom stereocenters. The molecule has 0 aliphatic carbocycles. The zero-order chi connectivity index (χ0) is 43.6. The van der Waals surface area contributed by atoms with Gasteiger partial charge in [-0.1, -0.05) is 0 Å². The predicted molar refractivity (Wildman–Crippen MR) is 184 cm³/mol. The number of carbonyl (C=O) groups excluding carboxylic acids is 5. The van der Waals surface area contributed by atoms with Crippen LogP contribution in [0.25, 0.3) is 0 Å². The smallest absolute Gasteiger partial charge is 0.339 e. The van der Waals surface area contributed by atoms with E-state index in [2.05, 4.69) is 0 Å². The highest BCUT2D eigenvalue weighted by Gasteiger charge is 2.54. The van der Waals surface area contributed by atoms with Crippen LogP contribution in [0, 0.1) is 0 Å². The van der Waals surface area contributed by atoms with Crippen molar-refractivity contribution in [2.45, 2.75) is 37.6 Å². The highest BCUT2D eigenvalue weighted by atomic mass is 16.7. The summed E-state index contributed by atoms with van der Waals surface area (Å²) in [5.41, 5.74) is -2.75. The van der Waals surface area contributed by atoms with E-state index in [1.807, 2.05) is 0 Å². The minimum Gasteiger partial charge on any atom is -0.504 e. The highest BCUT2D eigenvalue weighted by Crippen LogP contribution is 2.40. The molecule has 1 aliphatic rings. The van der Waals surface area contributed by atoms with Gasteiger partial charge in [-0.15, -0.1) is 0 Å². The molecule has 12 N–H and O–H groups in total. The van der Waals surface area contributed by atoms with E-state index < -0.39 is 158 Å². The largest absolute Gasteiger partial charge is 0.504 e. The molecule has 0 radical (unpaired) electrons. The number of carbonyl (C=O) groups is 5. The Morgan fingerprint density at radius 3 is 1.05 bits per heavy atom. The van der Waals surface area contributed by atoms with Crippen LogP contribution in [0.5, 0.6) is 69.0 Å². The first-order valence-electron chi connectivity index (χ1n) is 16.3. The molecule has 4 aromatic carbocycles. The first-order valence-corrected chi connectivity index (χ1v) is 16.3. The number of phenolic OH excluding ortho intramolecular Hbond substituents is 12. The number of benzene rings is 4. The zero-order valence-corrected chi connectivity index (χ0v) is 29.6. The van der Waals surface area contributed by atoms with Crippen LogP contribution in [0.2, 0.25) is 0 Å². The lowest BCUT2D eigenvalue weighted by Gasteiger charge is -2.43. The number of ether oxygens (including phenoxy) is 6. The van der Waals surface area contributed by atoms with E-state index in [1.165, 1.54) is 0 Å². The minimum absolute atomic E-state index is 0.587. The predicted octanol–water partition coefficient (Wildman–Crippen LogP) is 1.28. The lowest BCUT2D eigenvalue weighted by molar-refractivity contribution is -0.289. The summed E-state index contributed by atoms with van der Waals surface area (Å²) in [6.45, 7) is -0.284. The Hall–Kier alpha value is -8.21.